The Hall–Kier alpha value is -1.49. The fraction of sp³-hybridized carbons (Fsp3) is 0.429. The summed E-state index contributed by atoms with van der Waals surface area (Å²) in [7, 11) is 0. The Kier molecular flexibility index (Phi) is 3.46. The molecule has 1 aromatic heterocycles. The zero-order valence-electron chi connectivity index (χ0n) is 11.0. The third-order valence-electron chi connectivity index (χ3n) is 3.74. The third kappa shape index (κ3) is 2.47. The minimum atomic E-state index is 0.495. The van der Waals surface area contributed by atoms with Gasteiger partial charge in [-0.1, -0.05) is 6.42 Å². The molecular weight excluding hydrogens is 256 g/mol. The highest BCUT2D eigenvalue weighted by Gasteiger charge is 2.26. The molecular formula is C14H18N4S. The molecule has 5 heteroatoms. The van der Waals surface area contributed by atoms with Gasteiger partial charge in [0.2, 0.25) is 0 Å². The highest BCUT2D eigenvalue weighted by Crippen LogP contribution is 2.32. The highest BCUT2D eigenvalue weighted by atomic mass is 32.2. The molecule has 0 spiro atoms. The molecule has 1 fully saturated rings. The summed E-state index contributed by atoms with van der Waals surface area (Å²) in [6.45, 7) is 0. The van der Waals surface area contributed by atoms with E-state index in [1.165, 1.54) is 19.3 Å². The number of nitrogens with one attached hydrogen (secondary N) is 1. The molecule has 0 radical (unpaired) electrons. The fourth-order valence-electron chi connectivity index (χ4n) is 2.74. The number of rotatable bonds is 3. The number of fused-ring (bicyclic) bond motifs is 1. The van der Waals surface area contributed by atoms with Gasteiger partial charge in [0.25, 0.3) is 0 Å². The van der Waals surface area contributed by atoms with Crippen LogP contribution in [0.25, 0.3) is 10.9 Å². The molecule has 0 amide bonds. The summed E-state index contributed by atoms with van der Waals surface area (Å²) in [6, 6.07) is 6.26. The molecule has 1 aromatic carbocycles. The second-order valence-electron chi connectivity index (χ2n) is 4.95. The van der Waals surface area contributed by atoms with Crippen LogP contribution in [-0.4, -0.2) is 27.5 Å². The molecule has 4 nitrogen and oxygen atoms in total. The van der Waals surface area contributed by atoms with Crippen molar-refractivity contribution in [2.45, 2.75) is 30.6 Å². The average molecular weight is 274 g/mol. The van der Waals surface area contributed by atoms with Crippen LogP contribution < -0.4 is 11.1 Å². The zero-order chi connectivity index (χ0) is 13.2. The van der Waals surface area contributed by atoms with Crippen molar-refractivity contribution in [1.29, 1.82) is 0 Å². The molecule has 100 valence electrons. The molecule has 3 rings (SSSR count). The Morgan fingerprint density at radius 3 is 3.05 bits per heavy atom. The van der Waals surface area contributed by atoms with Gasteiger partial charge < -0.3 is 11.1 Å². The van der Waals surface area contributed by atoms with Gasteiger partial charge in [0, 0.05) is 22.4 Å². The Bertz CT molecular complexity index is 587. The van der Waals surface area contributed by atoms with Gasteiger partial charge in [-0.3, -0.25) is 0 Å². The zero-order valence-corrected chi connectivity index (χ0v) is 11.8. The summed E-state index contributed by atoms with van der Waals surface area (Å²) in [5.74, 6) is 0.906. The van der Waals surface area contributed by atoms with E-state index in [1.807, 2.05) is 30.0 Å². The fourth-order valence-corrected chi connectivity index (χ4v) is 3.67. The molecule has 1 aliphatic rings. The summed E-state index contributed by atoms with van der Waals surface area (Å²) in [4.78, 5) is 8.68. The topological polar surface area (TPSA) is 63.8 Å². The number of benzene rings is 1. The first-order valence-corrected chi connectivity index (χ1v) is 7.86. The molecule has 1 heterocycles. The first kappa shape index (κ1) is 12.5. The molecule has 2 aromatic rings. The smallest absolute Gasteiger partial charge is 0.137 e. The number of nitrogens with zero attached hydrogens (tertiary/aromatic N) is 2. The van der Waals surface area contributed by atoms with Gasteiger partial charge in [-0.2, -0.15) is 11.8 Å². The lowest BCUT2D eigenvalue weighted by atomic mass is 10.2. The van der Waals surface area contributed by atoms with Crippen LogP contribution in [0.2, 0.25) is 0 Å². The summed E-state index contributed by atoms with van der Waals surface area (Å²) < 4.78 is 0. The Morgan fingerprint density at radius 1 is 1.32 bits per heavy atom. The Morgan fingerprint density at radius 2 is 2.21 bits per heavy atom. The molecule has 0 saturated heterocycles. The SMILES string of the molecule is CSC1CCCC1Nc1ncnc2ccc(N)cc12. The van der Waals surface area contributed by atoms with Crippen molar-refractivity contribution in [3.05, 3.63) is 24.5 Å². The van der Waals surface area contributed by atoms with E-state index in [-0.39, 0.29) is 0 Å². The van der Waals surface area contributed by atoms with E-state index < -0.39 is 0 Å². The van der Waals surface area contributed by atoms with E-state index in [0.717, 1.165) is 22.4 Å². The molecule has 3 N–H and O–H groups in total. The Balaban J connectivity index is 1.94. The van der Waals surface area contributed by atoms with Crippen molar-refractivity contribution in [2.24, 2.45) is 0 Å². The summed E-state index contributed by atoms with van der Waals surface area (Å²) >= 11 is 1.94. The monoisotopic (exact) mass is 274 g/mol. The van der Waals surface area contributed by atoms with E-state index in [4.69, 9.17) is 5.73 Å². The van der Waals surface area contributed by atoms with E-state index in [1.54, 1.807) is 6.33 Å². The standard InChI is InChI=1S/C14H18N4S/c1-19-13-4-2-3-12(13)18-14-10-7-9(15)5-6-11(10)16-8-17-14/h5-8,12-13H,2-4,15H2,1H3,(H,16,17,18). The van der Waals surface area contributed by atoms with Crippen molar-refractivity contribution >= 4 is 34.2 Å². The van der Waals surface area contributed by atoms with Crippen LogP contribution in [0.1, 0.15) is 19.3 Å². The lowest BCUT2D eigenvalue weighted by molar-refractivity contribution is 0.764. The largest absolute Gasteiger partial charge is 0.399 e. The molecule has 1 saturated carbocycles. The molecule has 2 unspecified atom stereocenters. The number of anilines is 2. The maximum atomic E-state index is 5.87. The summed E-state index contributed by atoms with van der Waals surface area (Å²) in [5, 5.41) is 5.27. The maximum absolute atomic E-state index is 5.87. The minimum absolute atomic E-state index is 0.495. The molecule has 19 heavy (non-hydrogen) atoms. The van der Waals surface area contributed by atoms with Crippen LogP contribution in [0.5, 0.6) is 0 Å². The van der Waals surface area contributed by atoms with Gasteiger partial charge in [-0.25, -0.2) is 9.97 Å². The number of nitrogen functional groups attached to an aromatic ring is 1. The van der Waals surface area contributed by atoms with E-state index in [2.05, 4.69) is 21.5 Å². The Labute approximate surface area is 117 Å². The molecule has 0 bridgehead atoms. The van der Waals surface area contributed by atoms with Gasteiger partial charge in [0.15, 0.2) is 0 Å². The lowest BCUT2D eigenvalue weighted by Gasteiger charge is -2.20. The average Bonchev–Trinajstić information content (AvgIpc) is 2.87. The van der Waals surface area contributed by atoms with E-state index >= 15 is 0 Å². The van der Waals surface area contributed by atoms with E-state index in [0.29, 0.717) is 11.3 Å². The van der Waals surface area contributed by atoms with Crippen LogP contribution >= 0.6 is 11.8 Å². The molecule has 1 aliphatic carbocycles. The normalized spacial score (nSPS) is 22.8. The van der Waals surface area contributed by atoms with Crippen molar-refractivity contribution in [1.82, 2.24) is 9.97 Å². The minimum Gasteiger partial charge on any atom is -0.399 e. The number of nitrogens with two attached hydrogens (primary N) is 1. The van der Waals surface area contributed by atoms with Crippen LogP contribution in [0.4, 0.5) is 11.5 Å². The van der Waals surface area contributed by atoms with Crippen molar-refractivity contribution in [3.8, 4) is 0 Å². The van der Waals surface area contributed by atoms with Crippen LogP contribution in [0, 0.1) is 0 Å². The second-order valence-corrected chi connectivity index (χ2v) is 6.03. The van der Waals surface area contributed by atoms with E-state index in [9.17, 15) is 0 Å². The predicted octanol–water partition coefficient (Wildman–Crippen LogP) is 2.91. The van der Waals surface area contributed by atoms with Crippen LogP contribution in [0.15, 0.2) is 24.5 Å². The van der Waals surface area contributed by atoms with Gasteiger partial charge >= 0.3 is 0 Å². The maximum Gasteiger partial charge on any atom is 0.137 e. The number of hydrogen-bond acceptors (Lipinski definition) is 5. The lowest BCUT2D eigenvalue weighted by Crippen LogP contribution is -2.26. The first-order chi connectivity index (χ1) is 9.28. The predicted molar refractivity (Wildman–Crippen MR) is 82.5 cm³/mol. The quantitative estimate of drug-likeness (QED) is 0.843. The van der Waals surface area contributed by atoms with Crippen LogP contribution in [0.3, 0.4) is 0 Å². The highest BCUT2D eigenvalue weighted by molar-refractivity contribution is 7.99. The van der Waals surface area contributed by atoms with Crippen molar-refractivity contribution in [2.75, 3.05) is 17.3 Å². The third-order valence-corrected chi connectivity index (χ3v) is 4.91. The summed E-state index contributed by atoms with van der Waals surface area (Å²) in [5.41, 5.74) is 7.55. The number of aromatic nitrogens is 2. The van der Waals surface area contributed by atoms with Crippen molar-refractivity contribution in [3.63, 3.8) is 0 Å². The van der Waals surface area contributed by atoms with Gasteiger partial charge in [-0.15, -0.1) is 0 Å². The van der Waals surface area contributed by atoms with Crippen molar-refractivity contribution < 1.29 is 0 Å². The van der Waals surface area contributed by atoms with Gasteiger partial charge in [0.1, 0.15) is 12.1 Å². The number of thioether (sulfide) groups is 1. The second kappa shape index (κ2) is 5.25. The molecule has 0 aliphatic heterocycles. The van der Waals surface area contributed by atoms with Gasteiger partial charge in [-0.05, 0) is 37.3 Å². The first-order valence-electron chi connectivity index (χ1n) is 6.57. The molecule has 2 atom stereocenters. The number of hydrogen-bond donors (Lipinski definition) is 2. The van der Waals surface area contributed by atoms with Gasteiger partial charge in [0.05, 0.1) is 5.52 Å². The summed E-state index contributed by atoms with van der Waals surface area (Å²) in [6.07, 6.45) is 7.57. The van der Waals surface area contributed by atoms with Crippen LogP contribution in [-0.2, 0) is 0 Å².